The van der Waals surface area contributed by atoms with Gasteiger partial charge in [0, 0.05) is 39.7 Å². The number of aromatic amines is 1. The summed E-state index contributed by atoms with van der Waals surface area (Å²) in [5, 5.41) is 0. The highest BCUT2D eigenvalue weighted by Crippen LogP contribution is 2.24. The summed E-state index contributed by atoms with van der Waals surface area (Å²) in [7, 11) is 1.50. The van der Waals surface area contributed by atoms with Crippen molar-refractivity contribution in [3.8, 4) is 0 Å². The highest BCUT2D eigenvalue weighted by atomic mass is 16.5. The maximum absolute atomic E-state index is 13.4. The van der Waals surface area contributed by atoms with Crippen LogP contribution in [-0.2, 0) is 20.9 Å². The molecule has 3 N–H and O–H groups in total. The Bertz CT molecular complexity index is 875. The van der Waals surface area contributed by atoms with Gasteiger partial charge in [0.05, 0.1) is 12.5 Å². The number of piperidine rings is 1. The molecule has 30 heavy (non-hydrogen) atoms. The van der Waals surface area contributed by atoms with E-state index in [9.17, 15) is 19.2 Å². The second-order valence-electron chi connectivity index (χ2n) is 8.01. The highest BCUT2D eigenvalue weighted by molar-refractivity contribution is 5.97. The van der Waals surface area contributed by atoms with E-state index in [4.69, 9.17) is 10.5 Å². The van der Waals surface area contributed by atoms with Crippen molar-refractivity contribution in [3.05, 3.63) is 20.8 Å². The number of hydrogen-bond donors (Lipinski definition) is 2. The van der Waals surface area contributed by atoms with Crippen LogP contribution in [0.4, 0.5) is 11.5 Å². The Labute approximate surface area is 176 Å². The fourth-order valence-corrected chi connectivity index (χ4v) is 3.75. The second-order valence-corrected chi connectivity index (χ2v) is 8.01. The number of nitrogens with one attached hydrogen (secondary N) is 1. The molecule has 1 aliphatic heterocycles. The van der Waals surface area contributed by atoms with Crippen molar-refractivity contribution < 1.29 is 14.3 Å². The van der Waals surface area contributed by atoms with E-state index in [1.807, 2.05) is 13.8 Å². The summed E-state index contributed by atoms with van der Waals surface area (Å²) in [5.41, 5.74) is 4.85. The number of carbonyl (C=O) groups excluding carboxylic acids is 2. The molecule has 10 heteroatoms. The number of nitrogens with two attached hydrogens (primary N) is 1. The number of rotatable bonds is 8. The van der Waals surface area contributed by atoms with Gasteiger partial charge in [-0.1, -0.05) is 20.8 Å². The molecule has 1 fully saturated rings. The van der Waals surface area contributed by atoms with Crippen LogP contribution in [0.2, 0.25) is 0 Å². The Morgan fingerprint density at radius 2 is 2.03 bits per heavy atom. The number of hydrogen-bond acceptors (Lipinski definition) is 6. The number of amides is 2. The zero-order chi connectivity index (χ0) is 22.4. The van der Waals surface area contributed by atoms with Gasteiger partial charge in [0.2, 0.25) is 11.8 Å². The number of methoxy groups -OCH3 is 1. The van der Waals surface area contributed by atoms with Crippen molar-refractivity contribution >= 4 is 23.3 Å². The molecule has 10 nitrogen and oxygen atoms in total. The Morgan fingerprint density at radius 1 is 1.33 bits per heavy atom. The number of carbonyl (C=O) groups is 2. The largest absolute Gasteiger partial charge is 0.383 e. The smallest absolute Gasteiger partial charge is 0.330 e. The Balaban J connectivity index is 2.45. The number of nitrogens with zero attached hydrogens (tertiary/aromatic N) is 3. The van der Waals surface area contributed by atoms with E-state index < -0.39 is 17.2 Å². The molecule has 1 saturated heterocycles. The predicted octanol–water partition coefficient (Wildman–Crippen LogP) is 0.403. The molecule has 0 aliphatic carbocycles. The van der Waals surface area contributed by atoms with E-state index in [2.05, 4.69) is 4.98 Å². The van der Waals surface area contributed by atoms with Crippen molar-refractivity contribution in [2.45, 2.75) is 46.6 Å². The van der Waals surface area contributed by atoms with Crippen LogP contribution in [0.3, 0.4) is 0 Å². The third-order valence-electron chi connectivity index (χ3n) is 5.24. The number of likely N-dealkylation sites (tertiary alicyclic amines) is 1. The third kappa shape index (κ3) is 5.29. The molecule has 0 aromatic carbocycles. The first kappa shape index (κ1) is 23.7. The third-order valence-corrected chi connectivity index (χ3v) is 5.24. The lowest BCUT2D eigenvalue weighted by Gasteiger charge is -2.35. The summed E-state index contributed by atoms with van der Waals surface area (Å²) >= 11 is 0. The molecule has 0 spiro atoms. The quantitative estimate of drug-likeness (QED) is 0.622. The maximum Gasteiger partial charge on any atom is 0.330 e. The van der Waals surface area contributed by atoms with E-state index in [1.54, 1.807) is 11.8 Å². The van der Waals surface area contributed by atoms with E-state index in [0.717, 1.165) is 0 Å². The molecule has 1 unspecified atom stereocenters. The number of nitrogen functional groups attached to an aromatic ring is 1. The molecule has 1 aromatic rings. The highest BCUT2D eigenvalue weighted by Gasteiger charge is 2.33. The van der Waals surface area contributed by atoms with E-state index in [0.29, 0.717) is 38.9 Å². The molecule has 168 valence electrons. The lowest BCUT2D eigenvalue weighted by molar-refractivity contribution is -0.134. The summed E-state index contributed by atoms with van der Waals surface area (Å²) < 4.78 is 6.41. The standard InChI is InChI=1S/C20H33N5O5/c1-5-15(26)23-8-6-7-14(12-23)19(28)24(9-10-30-4)16-17(21)25(11-13(2)3)20(29)22-18(16)27/h13-14H,5-12,21H2,1-4H3,(H,22,27,29). The van der Waals surface area contributed by atoms with Gasteiger partial charge in [0.25, 0.3) is 5.56 Å². The summed E-state index contributed by atoms with van der Waals surface area (Å²) in [6.45, 7) is 7.17. The van der Waals surface area contributed by atoms with Crippen LogP contribution in [-0.4, -0.2) is 59.6 Å². The van der Waals surface area contributed by atoms with Crippen molar-refractivity contribution in [3.63, 3.8) is 0 Å². The van der Waals surface area contributed by atoms with Crippen molar-refractivity contribution in [2.24, 2.45) is 11.8 Å². The van der Waals surface area contributed by atoms with Crippen LogP contribution in [0.15, 0.2) is 9.59 Å². The first-order chi connectivity index (χ1) is 14.2. The van der Waals surface area contributed by atoms with E-state index >= 15 is 0 Å². The van der Waals surface area contributed by atoms with E-state index in [1.165, 1.54) is 16.6 Å². The van der Waals surface area contributed by atoms with Gasteiger partial charge in [-0.2, -0.15) is 0 Å². The molecule has 1 atom stereocenters. The number of H-pyrrole nitrogens is 1. The van der Waals surface area contributed by atoms with E-state index in [-0.39, 0.29) is 42.4 Å². The van der Waals surface area contributed by atoms with Gasteiger partial charge in [-0.15, -0.1) is 0 Å². The maximum atomic E-state index is 13.4. The Kier molecular flexibility index (Phi) is 8.22. The van der Waals surface area contributed by atoms with Crippen molar-refractivity contribution in [2.75, 3.05) is 44.0 Å². The second kappa shape index (κ2) is 10.4. The van der Waals surface area contributed by atoms with Crippen LogP contribution in [0.1, 0.15) is 40.0 Å². The molecule has 2 rings (SSSR count). The molecule has 1 aromatic heterocycles. The molecular formula is C20H33N5O5. The fourth-order valence-electron chi connectivity index (χ4n) is 3.75. The molecule has 0 saturated carbocycles. The average molecular weight is 424 g/mol. The predicted molar refractivity (Wildman–Crippen MR) is 114 cm³/mol. The summed E-state index contributed by atoms with van der Waals surface area (Å²) in [6, 6.07) is 0. The summed E-state index contributed by atoms with van der Waals surface area (Å²) in [4.78, 5) is 55.7. The molecule has 1 aliphatic rings. The SMILES string of the molecule is CCC(=O)N1CCCC(C(=O)N(CCOC)c2c(N)n(CC(C)C)c(=O)[nH]c2=O)C1. The van der Waals surface area contributed by atoms with Gasteiger partial charge in [0.15, 0.2) is 5.69 Å². The van der Waals surface area contributed by atoms with Gasteiger partial charge in [-0.05, 0) is 18.8 Å². The minimum absolute atomic E-state index is 0.00112. The number of anilines is 2. The Hall–Kier alpha value is -2.62. The van der Waals surface area contributed by atoms with Gasteiger partial charge in [0.1, 0.15) is 5.82 Å². The van der Waals surface area contributed by atoms with Crippen LogP contribution in [0.5, 0.6) is 0 Å². The minimum atomic E-state index is -0.709. The zero-order valence-electron chi connectivity index (χ0n) is 18.3. The van der Waals surface area contributed by atoms with Crippen LogP contribution in [0.25, 0.3) is 0 Å². The average Bonchev–Trinajstić information content (AvgIpc) is 2.72. The first-order valence-corrected chi connectivity index (χ1v) is 10.4. The van der Waals surface area contributed by atoms with Crippen LogP contribution in [0, 0.1) is 11.8 Å². The monoisotopic (exact) mass is 423 g/mol. The van der Waals surface area contributed by atoms with Crippen LogP contribution < -0.4 is 21.9 Å². The lowest BCUT2D eigenvalue weighted by atomic mass is 9.96. The topological polar surface area (TPSA) is 131 Å². The van der Waals surface area contributed by atoms with Gasteiger partial charge >= 0.3 is 5.69 Å². The summed E-state index contributed by atoms with van der Waals surface area (Å²) in [6.07, 6.45) is 1.69. The fraction of sp³-hybridized carbons (Fsp3) is 0.700. The molecular weight excluding hydrogens is 390 g/mol. The molecule has 0 radical (unpaired) electrons. The lowest BCUT2D eigenvalue weighted by Crippen LogP contribution is -2.49. The normalized spacial score (nSPS) is 16.7. The zero-order valence-corrected chi connectivity index (χ0v) is 18.3. The summed E-state index contributed by atoms with van der Waals surface area (Å²) in [5.74, 6) is -0.681. The van der Waals surface area contributed by atoms with Crippen LogP contribution >= 0.6 is 0 Å². The van der Waals surface area contributed by atoms with Gasteiger partial charge < -0.3 is 20.3 Å². The van der Waals surface area contributed by atoms with Gasteiger partial charge in [-0.25, -0.2) is 4.79 Å². The molecule has 2 heterocycles. The first-order valence-electron chi connectivity index (χ1n) is 10.4. The molecule has 0 bridgehead atoms. The van der Waals surface area contributed by atoms with Gasteiger partial charge in [-0.3, -0.25) is 23.9 Å². The van der Waals surface area contributed by atoms with Crippen molar-refractivity contribution in [1.29, 1.82) is 0 Å². The molecule has 2 amide bonds. The number of aromatic nitrogens is 2. The van der Waals surface area contributed by atoms with Crippen molar-refractivity contribution in [1.82, 2.24) is 14.5 Å². The number of ether oxygens (including phenoxy) is 1. The Morgan fingerprint density at radius 3 is 2.63 bits per heavy atom. The minimum Gasteiger partial charge on any atom is -0.383 e.